The number of hydrogen-bond donors (Lipinski definition) is 0. The molecule has 7 aliphatic rings. The average Bonchev–Trinajstić information content (AvgIpc) is 1.58. The van der Waals surface area contributed by atoms with E-state index < -0.39 is 23.7 Å². The molecule has 0 N–H and O–H groups in total. The molecule has 12 unspecified atom stereocenters. The number of carbonyl (C=O) groups excluding carboxylic acids is 8. The number of hydrogen-bond acceptors (Lipinski definition) is 8. The number of rotatable bonds is 58. The number of imide groups is 4. The van der Waals surface area contributed by atoms with Crippen molar-refractivity contribution in [2.45, 2.75) is 387 Å². The molecule has 2 saturated heterocycles. The van der Waals surface area contributed by atoms with Crippen molar-refractivity contribution in [1.29, 1.82) is 0 Å². The van der Waals surface area contributed by atoms with Crippen molar-refractivity contribution in [1.82, 2.24) is 19.6 Å². The molecule has 100 heavy (non-hydrogen) atoms. The van der Waals surface area contributed by atoms with Crippen LogP contribution in [0.5, 0.6) is 0 Å². The van der Waals surface area contributed by atoms with Crippen LogP contribution in [-0.2, 0) is 38.4 Å². The fourth-order valence-electron chi connectivity index (χ4n) is 20.5. The second-order valence-electron chi connectivity index (χ2n) is 33.5. The molecule has 3 saturated carbocycles. The predicted molar refractivity (Wildman–Crippen MR) is 408 cm³/mol. The fraction of sp³-hybridized carbons (Fsp3) is 0.864. The standard InChI is InChI=1S/C88H148N4O8/c1-5-9-13-17-27-39-51-73-69(47-35-15-11-7-3)55-57-71(49-37-25-19-22-31-43-63-89-81(93)59-60-82(89)94)75(73)53-41-29-21-24-33-46-66-92-87(99)79-67-77-78(68-80(79)88(92)100)86(98)91(85(77)97)65-45-32-23-20-26-38-50-72-58-56-70(48-36-16-12-8-4)74(52-40-28-18-14-10-6-2)76(72)54-42-30-34-44-64-90-83(95)61-62-84(90)96/h59-62,69-80H,5-58,63-68H2,1-4H3. The summed E-state index contributed by atoms with van der Waals surface area (Å²) < 4.78 is 0. The number of nitrogens with zero attached hydrogens (tertiary/aromatic N) is 4. The van der Waals surface area contributed by atoms with Gasteiger partial charge in [0.05, 0.1) is 23.7 Å². The summed E-state index contributed by atoms with van der Waals surface area (Å²) in [5, 5.41) is 0. The monoisotopic (exact) mass is 1390 g/mol. The second kappa shape index (κ2) is 48.2. The van der Waals surface area contributed by atoms with E-state index in [2.05, 4.69) is 27.7 Å². The Kier molecular flexibility index (Phi) is 40.2. The highest BCUT2D eigenvalue weighted by molar-refractivity contribution is 6.13. The van der Waals surface area contributed by atoms with E-state index in [1.54, 1.807) is 0 Å². The highest BCUT2D eigenvalue weighted by atomic mass is 16.2. The summed E-state index contributed by atoms with van der Waals surface area (Å²) >= 11 is 0. The molecule has 0 radical (unpaired) electrons. The number of fused-ring (bicyclic) bond motifs is 2. The summed E-state index contributed by atoms with van der Waals surface area (Å²) in [4.78, 5) is 110. The summed E-state index contributed by atoms with van der Waals surface area (Å²) in [6.45, 7) is 11.2. The van der Waals surface area contributed by atoms with Crippen molar-refractivity contribution in [2.75, 3.05) is 26.2 Å². The van der Waals surface area contributed by atoms with Gasteiger partial charge in [-0.3, -0.25) is 58.0 Å². The zero-order chi connectivity index (χ0) is 71.1. The molecular formula is C88H148N4O8. The first-order chi connectivity index (χ1) is 48.9. The van der Waals surface area contributed by atoms with Crippen LogP contribution >= 0.6 is 0 Å². The van der Waals surface area contributed by atoms with Gasteiger partial charge in [0, 0.05) is 50.5 Å². The summed E-state index contributed by atoms with van der Waals surface area (Å²) in [6.07, 6.45) is 74.4. The zero-order valence-corrected chi connectivity index (χ0v) is 64.7. The SMILES string of the molecule is CCCCCCCCC1C(CCCCCC)CCC(CCCCCCCCN2C(=O)C=CC2=O)C1CCCCCCCCN1C(=O)C2CC3C(=O)N(CCCCCCCCC4CCC(CCCCCC)C(CCCCCCCC)C4CCCCCCN4C(=O)C=CC4=O)C(=O)C3CC2C1=O. The Balaban J connectivity index is 0.797. The predicted octanol–water partition coefficient (Wildman–Crippen LogP) is 21.9. The zero-order valence-electron chi connectivity index (χ0n) is 64.7. The van der Waals surface area contributed by atoms with Crippen LogP contribution in [0.2, 0.25) is 0 Å². The van der Waals surface area contributed by atoms with Gasteiger partial charge in [0.25, 0.3) is 23.6 Å². The summed E-state index contributed by atoms with van der Waals surface area (Å²) in [5.41, 5.74) is 0. The Morgan fingerprint density at radius 3 is 0.640 bits per heavy atom. The molecule has 3 aliphatic carbocycles. The quantitative estimate of drug-likeness (QED) is 0.0431. The minimum atomic E-state index is -0.479. The maximum absolute atomic E-state index is 14.0. The molecule has 12 atom stereocenters. The molecule has 12 nitrogen and oxygen atoms in total. The first-order valence-corrected chi connectivity index (χ1v) is 43.7. The normalized spacial score (nSPS) is 26.1. The van der Waals surface area contributed by atoms with Crippen LogP contribution in [-0.4, -0.2) is 93.0 Å². The number of unbranched alkanes of at least 4 members (excludes halogenated alkanes) is 34. The lowest BCUT2D eigenvalue weighted by Crippen LogP contribution is -2.35. The Morgan fingerprint density at radius 2 is 0.410 bits per heavy atom. The minimum Gasteiger partial charge on any atom is -0.282 e. The van der Waals surface area contributed by atoms with Gasteiger partial charge in [-0.15, -0.1) is 0 Å². The van der Waals surface area contributed by atoms with Crippen LogP contribution in [0, 0.1) is 71.0 Å². The molecule has 8 amide bonds. The third kappa shape index (κ3) is 26.9. The molecule has 0 spiro atoms. The molecule has 0 aromatic carbocycles. The van der Waals surface area contributed by atoms with Crippen molar-refractivity contribution in [3.63, 3.8) is 0 Å². The molecule has 4 aliphatic heterocycles. The van der Waals surface area contributed by atoms with Crippen molar-refractivity contribution in [2.24, 2.45) is 71.0 Å². The van der Waals surface area contributed by atoms with Gasteiger partial charge in [-0.1, -0.05) is 297 Å². The number of carbonyl (C=O) groups is 8. The first kappa shape index (κ1) is 83.3. The van der Waals surface area contributed by atoms with E-state index in [0.29, 0.717) is 39.0 Å². The Labute approximate surface area is 610 Å². The lowest BCUT2D eigenvalue weighted by Gasteiger charge is -2.44. The van der Waals surface area contributed by atoms with Crippen molar-refractivity contribution in [3.8, 4) is 0 Å². The highest BCUT2D eigenvalue weighted by Gasteiger charge is 2.59. The van der Waals surface area contributed by atoms with Crippen LogP contribution < -0.4 is 0 Å². The summed E-state index contributed by atoms with van der Waals surface area (Å²) in [7, 11) is 0. The third-order valence-corrected chi connectivity index (χ3v) is 26.4. The second-order valence-corrected chi connectivity index (χ2v) is 33.5. The Morgan fingerprint density at radius 1 is 0.230 bits per heavy atom. The van der Waals surface area contributed by atoms with Gasteiger partial charge in [0.15, 0.2) is 0 Å². The van der Waals surface area contributed by atoms with E-state index in [9.17, 15) is 38.4 Å². The molecule has 0 bridgehead atoms. The van der Waals surface area contributed by atoms with Crippen LogP contribution in [0.4, 0.5) is 0 Å². The molecule has 12 heteroatoms. The third-order valence-electron chi connectivity index (χ3n) is 26.4. The Hall–Kier alpha value is -3.96. The smallest absolute Gasteiger partial charge is 0.253 e. The van der Waals surface area contributed by atoms with Gasteiger partial charge >= 0.3 is 0 Å². The summed E-state index contributed by atoms with van der Waals surface area (Å²) in [5.74, 6) is 3.65. The molecule has 5 fully saturated rings. The molecular weight excluding hydrogens is 1240 g/mol. The Bertz CT molecular complexity index is 2390. The van der Waals surface area contributed by atoms with Gasteiger partial charge in [-0.2, -0.15) is 0 Å². The lowest BCUT2D eigenvalue weighted by molar-refractivity contribution is -0.141. The van der Waals surface area contributed by atoms with E-state index in [-0.39, 0.29) is 47.3 Å². The molecule has 7 rings (SSSR count). The van der Waals surface area contributed by atoms with E-state index in [4.69, 9.17) is 0 Å². The van der Waals surface area contributed by atoms with E-state index in [0.717, 1.165) is 112 Å². The lowest BCUT2D eigenvalue weighted by atomic mass is 9.61. The summed E-state index contributed by atoms with van der Waals surface area (Å²) in [6, 6.07) is 0. The first-order valence-electron chi connectivity index (χ1n) is 43.7. The van der Waals surface area contributed by atoms with E-state index in [1.165, 1.54) is 326 Å². The highest BCUT2D eigenvalue weighted by Crippen LogP contribution is 2.51. The van der Waals surface area contributed by atoms with E-state index in [1.807, 2.05) is 0 Å². The van der Waals surface area contributed by atoms with Crippen LogP contribution in [0.15, 0.2) is 24.3 Å². The van der Waals surface area contributed by atoms with Crippen molar-refractivity contribution >= 4 is 47.3 Å². The van der Waals surface area contributed by atoms with Crippen LogP contribution in [0.1, 0.15) is 387 Å². The van der Waals surface area contributed by atoms with Crippen molar-refractivity contribution in [3.05, 3.63) is 24.3 Å². The van der Waals surface area contributed by atoms with Gasteiger partial charge in [-0.05, 0) is 137 Å². The largest absolute Gasteiger partial charge is 0.282 e. The molecule has 568 valence electrons. The van der Waals surface area contributed by atoms with Gasteiger partial charge in [0.1, 0.15) is 0 Å². The molecule has 0 aromatic rings. The van der Waals surface area contributed by atoms with Gasteiger partial charge in [-0.25, -0.2) is 0 Å². The van der Waals surface area contributed by atoms with Gasteiger partial charge in [0.2, 0.25) is 23.6 Å². The van der Waals surface area contributed by atoms with Crippen LogP contribution in [0.3, 0.4) is 0 Å². The van der Waals surface area contributed by atoms with E-state index >= 15 is 0 Å². The number of amides is 8. The molecule has 4 heterocycles. The maximum atomic E-state index is 14.0. The molecule has 0 aromatic heterocycles. The minimum absolute atomic E-state index is 0.108. The average molecular weight is 1390 g/mol. The van der Waals surface area contributed by atoms with Gasteiger partial charge < -0.3 is 0 Å². The maximum Gasteiger partial charge on any atom is 0.253 e. The van der Waals surface area contributed by atoms with Crippen molar-refractivity contribution < 1.29 is 38.4 Å². The topological polar surface area (TPSA) is 150 Å². The number of likely N-dealkylation sites (tertiary alicyclic amines) is 2. The van der Waals surface area contributed by atoms with Crippen LogP contribution in [0.25, 0.3) is 0 Å². The fourth-order valence-corrected chi connectivity index (χ4v) is 20.5.